The molecule has 0 saturated carbocycles. The minimum atomic E-state index is 0.550. The van der Waals surface area contributed by atoms with Crippen LogP contribution in [-0.2, 0) is 39.4 Å². The molecule has 0 unspecified atom stereocenters. The highest BCUT2D eigenvalue weighted by molar-refractivity contribution is 5.30. The van der Waals surface area contributed by atoms with Gasteiger partial charge in [0.05, 0.1) is 0 Å². The summed E-state index contributed by atoms with van der Waals surface area (Å²) in [4.78, 5) is 5.22. The van der Waals surface area contributed by atoms with Crippen molar-refractivity contribution in [3.63, 3.8) is 0 Å². The molecule has 256 valence electrons. The first-order valence-electron chi connectivity index (χ1n) is 17.5. The Morgan fingerprint density at radius 1 is 0.500 bits per heavy atom. The standard InChI is InChI=1S/C40H54N6O2/c41-27-33-9-13-39(14-10-33)47-31-37-7-1-5-35(25-37)29-43-17-3-19-45-21-23-46(24-22-45)20-4-18-44-30-36-6-2-8-38(26-36)32-48-40-15-11-34(28-42)12-16-40/h1-2,5-16,25-26,43-44H,3-4,17-24,27-32,41-42H2. The highest BCUT2D eigenvalue weighted by Gasteiger charge is 2.15. The van der Waals surface area contributed by atoms with Crippen molar-refractivity contribution >= 4 is 0 Å². The Morgan fingerprint density at radius 2 is 0.896 bits per heavy atom. The number of benzene rings is 4. The maximum absolute atomic E-state index is 5.96. The number of hydrogen-bond donors (Lipinski definition) is 4. The van der Waals surface area contributed by atoms with E-state index in [9.17, 15) is 0 Å². The quantitative estimate of drug-likeness (QED) is 0.0988. The van der Waals surface area contributed by atoms with Crippen LogP contribution in [0.15, 0.2) is 97.1 Å². The van der Waals surface area contributed by atoms with Crippen LogP contribution in [0.4, 0.5) is 0 Å². The van der Waals surface area contributed by atoms with E-state index >= 15 is 0 Å². The highest BCUT2D eigenvalue weighted by atomic mass is 16.5. The van der Waals surface area contributed by atoms with Crippen molar-refractivity contribution in [1.82, 2.24) is 20.4 Å². The first kappa shape index (κ1) is 35.5. The van der Waals surface area contributed by atoms with E-state index in [0.717, 1.165) is 88.1 Å². The van der Waals surface area contributed by atoms with Crippen LogP contribution < -0.4 is 31.6 Å². The van der Waals surface area contributed by atoms with E-state index in [1.807, 2.05) is 48.5 Å². The lowest BCUT2D eigenvalue weighted by atomic mass is 10.1. The summed E-state index contributed by atoms with van der Waals surface area (Å²) >= 11 is 0. The van der Waals surface area contributed by atoms with Crippen molar-refractivity contribution in [2.75, 3.05) is 52.4 Å². The van der Waals surface area contributed by atoms with Crippen molar-refractivity contribution in [2.24, 2.45) is 11.5 Å². The van der Waals surface area contributed by atoms with Crippen LogP contribution in [0.3, 0.4) is 0 Å². The molecule has 1 heterocycles. The minimum Gasteiger partial charge on any atom is -0.489 e. The van der Waals surface area contributed by atoms with Gasteiger partial charge in [-0.1, -0.05) is 72.8 Å². The maximum Gasteiger partial charge on any atom is 0.119 e. The van der Waals surface area contributed by atoms with Gasteiger partial charge in [0.2, 0.25) is 0 Å². The van der Waals surface area contributed by atoms with Crippen molar-refractivity contribution in [2.45, 2.75) is 52.2 Å². The molecule has 0 atom stereocenters. The lowest BCUT2D eigenvalue weighted by molar-refractivity contribution is 0.130. The highest BCUT2D eigenvalue weighted by Crippen LogP contribution is 2.16. The van der Waals surface area contributed by atoms with Gasteiger partial charge in [-0.2, -0.15) is 0 Å². The van der Waals surface area contributed by atoms with Crippen LogP contribution in [-0.4, -0.2) is 62.2 Å². The zero-order valence-electron chi connectivity index (χ0n) is 28.4. The summed E-state index contributed by atoms with van der Waals surface area (Å²) < 4.78 is 11.9. The number of hydrogen-bond acceptors (Lipinski definition) is 8. The summed E-state index contributed by atoms with van der Waals surface area (Å²) in [6.45, 7) is 13.0. The first-order chi connectivity index (χ1) is 23.7. The Bertz CT molecular complexity index is 1360. The monoisotopic (exact) mass is 650 g/mol. The Hall–Kier alpha value is -3.76. The zero-order valence-corrected chi connectivity index (χ0v) is 28.4. The summed E-state index contributed by atoms with van der Waals surface area (Å²) in [5, 5.41) is 7.26. The van der Waals surface area contributed by atoms with E-state index in [1.54, 1.807) is 0 Å². The largest absolute Gasteiger partial charge is 0.489 e. The second-order valence-corrected chi connectivity index (χ2v) is 12.7. The van der Waals surface area contributed by atoms with E-state index in [1.165, 1.54) is 35.1 Å². The number of nitrogens with zero attached hydrogens (tertiary/aromatic N) is 2. The van der Waals surface area contributed by atoms with E-state index in [4.69, 9.17) is 20.9 Å². The third-order valence-corrected chi connectivity index (χ3v) is 8.89. The van der Waals surface area contributed by atoms with Crippen LogP contribution in [0.5, 0.6) is 11.5 Å². The summed E-state index contributed by atoms with van der Waals surface area (Å²) in [5.74, 6) is 1.74. The molecule has 1 aliphatic heterocycles. The number of nitrogens with one attached hydrogen (secondary N) is 2. The van der Waals surface area contributed by atoms with Gasteiger partial charge < -0.3 is 41.4 Å². The molecule has 6 N–H and O–H groups in total. The summed E-state index contributed by atoms with van der Waals surface area (Å²) in [6, 6.07) is 33.3. The van der Waals surface area contributed by atoms with Crippen molar-refractivity contribution < 1.29 is 9.47 Å². The van der Waals surface area contributed by atoms with E-state index in [0.29, 0.717) is 26.3 Å². The molecule has 1 fully saturated rings. The summed E-state index contributed by atoms with van der Waals surface area (Å²) in [5.41, 5.74) is 18.5. The number of piperazine rings is 1. The molecule has 0 aliphatic carbocycles. The molecule has 1 aliphatic rings. The third kappa shape index (κ3) is 12.4. The molecule has 48 heavy (non-hydrogen) atoms. The van der Waals surface area contributed by atoms with Crippen LogP contribution >= 0.6 is 0 Å². The first-order valence-corrected chi connectivity index (χ1v) is 17.5. The molecule has 0 spiro atoms. The summed E-state index contributed by atoms with van der Waals surface area (Å²) in [7, 11) is 0. The van der Waals surface area contributed by atoms with Gasteiger partial charge >= 0.3 is 0 Å². The van der Waals surface area contributed by atoms with Gasteiger partial charge in [0.1, 0.15) is 24.7 Å². The molecule has 0 radical (unpaired) electrons. The molecule has 0 amide bonds. The molecular formula is C40H54N6O2. The minimum absolute atomic E-state index is 0.550. The number of ether oxygens (including phenoxy) is 2. The van der Waals surface area contributed by atoms with Crippen LogP contribution in [0.2, 0.25) is 0 Å². The van der Waals surface area contributed by atoms with Crippen molar-refractivity contribution in [1.29, 1.82) is 0 Å². The van der Waals surface area contributed by atoms with Gasteiger partial charge in [0.25, 0.3) is 0 Å². The fourth-order valence-electron chi connectivity index (χ4n) is 5.99. The van der Waals surface area contributed by atoms with E-state index < -0.39 is 0 Å². The van der Waals surface area contributed by atoms with E-state index in [-0.39, 0.29) is 0 Å². The Kier molecular flexibility index (Phi) is 14.7. The average Bonchev–Trinajstić information content (AvgIpc) is 3.14. The predicted octanol–water partition coefficient (Wildman–Crippen LogP) is 5.04. The molecule has 8 heteroatoms. The predicted molar refractivity (Wildman–Crippen MR) is 196 cm³/mol. The second-order valence-electron chi connectivity index (χ2n) is 12.7. The summed E-state index contributed by atoms with van der Waals surface area (Å²) in [6.07, 6.45) is 2.33. The SMILES string of the molecule is NCc1ccc(OCc2cccc(CNCCCN3CCN(CCCNCc4cccc(COc5ccc(CN)cc5)c4)CC3)c2)cc1. The van der Waals surface area contributed by atoms with Gasteiger partial charge in [-0.25, -0.2) is 0 Å². The van der Waals surface area contributed by atoms with Gasteiger partial charge in [0.15, 0.2) is 0 Å². The van der Waals surface area contributed by atoms with Gasteiger partial charge in [-0.15, -0.1) is 0 Å². The molecule has 5 rings (SSSR count). The second kappa shape index (κ2) is 19.9. The Labute approximate surface area is 287 Å². The Balaban J connectivity index is 0.875. The number of nitrogens with two attached hydrogens (primary N) is 2. The lowest BCUT2D eigenvalue weighted by Crippen LogP contribution is -2.47. The molecule has 8 nitrogen and oxygen atoms in total. The normalized spacial score (nSPS) is 13.9. The lowest BCUT2D eigenvalue weighted by Gasteiger charge is -2.34. The topological polar surface area (TPSA) is 101 Å². The van der Waals surface area contributed by atoms with Crippen LogP contribution in [0.25, 0.3) is 0 Å². The molecule has 4 aromatic carbocycles. The van der Waals surface area contributed by atoms with Crippen molar-refractivity contribution in [3.05, 3.63) is 130 Å². The van der Waals surface area contributed by atoms with Gasteiger partial charge in [-0.05, 0) is 96.7 Å². The number of rotatable bonds is 20. The maximum atomic E-state index is 5.96. The average molecular weight is 651 g/mol. The fraction of sp³-hybridized carbons (Fsp3) is 0.400. The fourth-order valence-corrected chi connectivity index (χ4v) is 5.99. The zero-order chi connectivity index (χ0) is 33.2. The van der Waals surface area contributed by atoms with Gasteiger partial charge in [-0.3, -0.25) is 0 Å². The van der Waals surface area contributed by atoms with Crippen molar-refractivity contribution in [3.8, 4) is 11.5 Å². The Morgan fingerprint density at radius 3 is 1.29 bits per heavy atom. The molecular weight excluding hydrogens is 596 g/mol. The molecule has 0 bridgehead atoms. The van der Waals surface area contributed by atoms with Gasteiger partial charge in [0, 0.05) is 52.4 Å². The van der Waals surface area contributed by atoms with E-state index in [2.05, 4.69) is 69.0 Å². The molecule has 0 aromatic heterocycles. The van der Waals surface area contributed by atoms with Crippen LogP contribution in [0, 0.1) is 0 Å². The van der Waals surface area contributed by atoms with Crippen LogP contribution in [0.1, 0.15) is 46.2 Å². The third-order valence-electron chi connectivity index (χ3n) is 8.89. The smallest absolute Gasteiger partial charge is 0.119 e. The molecule has 4 aromatic rings. The molecule has 1 saturated heterocycles.